The zero-order valence-electron chi connectivity index (χ0n) is 22.1. The number of methoxy groups -OCH3 is 1. The lowest BCUT2D eigenvalue weighted by Gasteiger charge is -2.17. The number of Topliss-reactive ketones (excluding diaryl/α,β-unsaturated/α-hetero) is 1. The third-order valence-electron chi connectivity index (χ3n) is 6.58. The van der Waals surface area contributed by atoms with E-state index in [0.29, 0.717) is 28.7 Å². The normalized spacial score (nSPS) is 11.5. The number of nitrogens with zero attached hydrogens (tertiary/aromatic N) is 4. The lowest BCUT2D eigenvalue weighted by Crippen LogP contribution is -2.16. The molecule has 2 aromatic heterocycles. The van der Waals surface area contributed by atoms with Gasteiger partial charge < -0.3 is 10.1 Å². The van der Waals surface area contributed by atoms with Crippen LogP contribution in [0.5, 0.6) is 5.75 Å². The number of hydrogen-bond donors (Lipinski definition) is 2. The fourth-order valence-corrected chi connectivity index (χ4v) is 5.74. The van der Waals surface area contributed by atoms with Gasteiger partial charge in [0.05, 0.1) is 28.9 Å². The Labute approximate surface area is 235 Å². The second kappa shape index (κ2) is 10.4. The maximum absolute atomic E-state index is 13.1. The Morgan fingerprint density at radius 3 is 2.20 bits per heavy atom. The fraction of sp³-hybridized carbons (Fsp3) is 0.0667. The van der Waals surface area contributed by atoms with Crippen LogP contribution in [-0.2, 0) is 10.0 Å². The third kappa shape index (κ3) is 4.83. The van der Waals surface area contributed by atoms with E-state index >= 15 is 0 Å². The summed E-state index contributed by atoms with van der Waals surface area (Å²) in [5, 5.41) is 18.5. The molecule has 204 valence electrons. The Morgan fingerprint density at radius 2 is 1.49 bits per heavy atom. The van der Waals surface area contributed by atoms with Crippen molar-refractivity contribution < 1.29 is 17.9 Å². The molecule has 0 atom stereocenters. The van der Waals surface area contributed by atoms with E-state index in [1.165, 1.54) is 19.1 Å². The predicted molar refractivity (Wildman–Crippen MR) is 157 cm³/mol. The first-order chi connectivity index (χ1) is 19.9. The predicted octanol–water partition coefficient (Wildman–Crippen LogP) is 5.70. The summed E-state index contributed by atoms with van der Waals surface area (Å²) in [6, 6.07) is 27.9. The van der Waals surface area contributed by atoms with Crippen LogP contribution >= 0.6 is 0 Å². The maximum Gasteiger partial charge on any atom is 0.261 e. The van der Waals surface area contributed by atoms with Crippen molar-refractivity contribution in [3.05, 3.63) is 103 Å². The van der Waals surface area contributed by atoms with Gasteiger partial charge in [-0.25, -0.2) is 8.42 Å². The number of benzene rings is 4. The van der Waals surface area contributed by atoms with Crippen molar-refractivity contribution in [3.8, 4) is 17.1 Å². The zero-order chi connectivity index (χ0) is 28.6. The second-order valence-electron chi connectivity index (χ2n) is 9.21. The SMILES string of the molecule is COc1ccc(-c2nnc3c4ccccc4c(Nc4cccc(NS(=O)(=O)c5ccccc5)c4C(C)=O)nn23)cc1. The molecule has 0 radical (unpaired) electrons. The summed E-state index contributed by atoms with van der Waals surface area (Å²) < 4.78 is 35.6. The molecule has 0 aliphatic heterocycles. The summed E-state index contributed by atoms with van der Waals surface area (Å²) >= 11 is 0. The second-order valence-corrected chi connectivity index (χ2v) is 10.9. The molecule has 4 aromatic carbocycles. The fourth-order valence-electron chi connectivity index (χ4n) is 4.65. The Hall–Kier alpha value is -5.29. The van der Waals surface area contributed by atoms with Crippen molar-refractivity contribution in [1.29, 1.82) is 0 Å². The molecule has 0 fully saturated rings. The van der Waals surface area contributed by atoms with Gasteiger partial charge in [0.15, 0.2) is 23.1 Å². The van der Waals surface area contributed by atoms with E-state index in [1.807, 2.05) is 48.5 Å². The average Bonchev–Trinajstić information content (AvgIpc) is 3.41. The number of hydrogen-bond acceptors (Lipinski definition) is 8. The van der Waals surface area contributed by atoms with Crippen molar-refractivity contribution in [3.63, 3.8) is 0 Å². The van der Waals surface area contributed by atoms with E-state index in [0.717, 1.165) is 16.3 Å². The molecular formula is C30H24N6O4S. The molecule has 2 N–H and O–H groups in total. The number of aromatic nitrogens is 4. The number of rotatable bonds is 8. The maximum atomic E-state index is 13.1. The summed E-state index contributed by atoms with van der Waals surface area (Å²) in [6.45, 7) is 1.39. The molecule has 10 nitrogen and oxygen atoms in total. The lowest BCUT2D eigenvalue weighted by atomic mass is 10.1. The molecule has 11 heteroatoms. The van der Waals surface area contributed by atoms with Crippen molar-refractivity contribution in [2.75, 3.05) is 17.1 Å². The molecule has 0 aliphatic rings. The van der Waals surface area contributed by atoms with E-state index in [1.54, 1.807) is 48.0 Å². The van der Waals surface area contributed by atoms with E-state index in [-0.39, 0.29) is 21.9 Å². The van der Waals surface area contributed by atoms with Crippen molar-refractivity contribution in [2.45, 2.75) is 11.8 Å². The molecule has 2 heterocycles. The van der Waals surface area contributed by atoms with E-state index < -0.39 is 10.0 Å². The van der Waals surface area contributed by atoms with Gasteiger partial charge in [-0.1, -0.05) is 48.5 Å². The first-order valence-corrected chi connectivity index (χ1v) is 14.1. The summed E-state index contributed by atoms with van der Waals surface area (Å²) in [4.78, 5) is 13.0. The van der Waals surface area contributed by atoms with Gasteiger partial charge in [0.2, 0.25) is 0 Å². The van der Waals surface area contributed by atoms with Crippen molar-refractivity contribution in [2.24, 2.45) is 0 Å². The lowest BCUT2D eigenvalue weighted by molar-refractivity contribution is 0.101. The largest absolute Gasteiger partial charge is 0.497 e. The van der Waals surface area contributed by atoms with Gasteiger partial charge in [-0.05, 0) is 55.5 Å². The van der Waals surface area contributed by atoms with Gasteiger partial charge >= 0.3 is 0 Å². The van der Waals surface area contributed by atoms with Gasteiger partial charge in [0.1, 0.15) is 5.75 Å². The highest BCUT2D eigenvalue weighted by atomic mass is 32.2. The van der Waals surface area contributed by atoms with Crippen molar-refractivity contribution in [1.82, 2.24) is 19.8 Å². The van der Waals surface area contributed by atoms with Crippen LogP contribution in [0, 0.1) is 0 Å². The van der Waals surface area contributed by atoms with Gasteiger partial charge in [-0.2, -0.15) is 4.52 Å². The molecule has 6 rings (SSSR count). The van der Waals surface area contributed by atoms with Crippen LogP contribution in [0.25, 0.3) is 27.8 Å². The Bertz CT molecular complexity index is 2020. The van der Waals surface area contributed by atoms with Crippen LogP contribution < -0.4 is 14.8 Å². The number of nitrogens with one attached hydrogen (secondary N) is 2. The molecule has 0 amide bonds. The minimum atomic E-state index is -3.93. The molecule has 41 heavy (non-hydrogen) atoms. The van der Waals surface area contributed by atoms with Crippen LogP contribution in [0.2, 0.25) is 0 Å². The highest BCUT2D eigenvalue weighted by Gasteiger charge is 2.21. The molecule has 0 unspecified atom stereocenters. The number of ketones is 1. The molecule has 0 saturated heterocycles. The Morgan fingerprint density at radius 1 is 0.805 bits per heavy atom. The highest BCUT2D eigenvalue weighted by molar-refractivity contribution is 7.92. The number of carbonyl (C=O) groups is 1. The Balaban J connectivity index is 1.47. The minimum Gasteiger partial charge on any atom is -0.497 e. The number of anilines is 3. The summed E-state index contributed by atoms with van der Waals surface area (Å²) in [6.07, 6.45) is 0. The average molecular weight is 565 g/mol. The van der Waals surface area contributed by atoms with Crippen molar-refractivity contribution >= 4 is 49.4 Å². The van der Waals surface area contributed by atoms with Crippen LogP contribution in [-0.4, -0.2) is 41.1 Å². The topological polar surface area (TPSA) is 128 Å². The number of carbonyl (C=O) groups excluding carboxylic acids is 1. The number of ether oxygens (including phenoxy) is 1. The molecule has 0 spiro atoms. The third-order valence-corrected chi connectivity index (χ3v) is 7.96. The summed E-state index contributed by atoms with van der Waals surface area (Å²) in [7, 11) is -2.33. The molecule has 0 bridgehead atoms. The zero-order valence-corrected chi connectivity index (χ0v) is 22.9. The smallest absolute Gasteiger partial charge is 0.261 e. The van der Waals surface area contributed by atoms with E-state index in [9.17, 15) is 13.2 Å². The van der Waals surface area contributed by atoms with E-state index in [2.05, 4.69) is 20.2 Å². The van der Waals surface area contributed by atoms with Gasteiger partial charge in [0, 0.05) is 16.3 Å². The number of sulfonamides is 1. The van der Waals surface area contributed by atoms with Crippen LogP contribution in [0.1, 0.15) is 17.3 Å². The Kier molecular flexibility index (Phi) is 6.56. The summed E-state index contributed by atoms with van der Waals surface area (Å²) in [5.41, 5.74) is 2.07. The quantitative estimate of drug-likeness (QED) is 0.225. The van der Waals surface area contributed by atoms with Crippen LogP contribution in [0.15, 0.2) is 102 Å². The molecule has 0 saturated carbocycles. The van der Waals surface area contributed by atoms with Crippen LogP contribution in [0.3, 0.4) is 0 Å². The van der Waals surface area contributed by atoms with Gasteiger partial charge in [-0.3, -0.25) is 9.52 Å². The van der Waals surface area contributed by atoms with Crippen LogP contribution in [0.4, 0.5) is 17.2 Å². The monoisotopic (exact) mass is 564 g/mol. The first-order valence-electron chi connectivity index (χ1n) is 12.6. The summed E-state index contributed by atoms with van der Waals surface area (Å²) in [5.74, 6) is 1.34. The van der Waals surface area contributed by atoms with Gasteiger partial charge in [0.25, 0.3) is 10.0 Å². The van der Waals surface area contributed by atoms with E-state index in [4.69, 9.17) is 9.84 Å². The standard InChI is InChI=1S/C30H24N6O4S/c1-19(37)27-25(13-8-14-26(27)35-41(38,39)22-9-4-3-5-10-22)31-28-23-11-6-7-12-24(23)30-33-32-29(36(30)34-28)20-15-17-21(40-2)18-16-20/h3-18,35H,1-2H3,(H,31,34). The number of fused-ring (bicyclic) bond motifs is 3. The molecular weight excluding hydrogens is 540 g/mol. The highest BCUT2D eigenvalue weighted by Crippen LogP contribution is 2.33. The molecule has 6 aromatic rings. The minimum absolute atomic E-state index is 0.0876. The molecule has 0 aliphatic carbocycles. The first kappa shape index (κ1) is 26.0. The van der Waals surface area contributed by atoms with Gasteiger partial charge in [-0.15, -0.1) is 15.3 Å².